The van der Waals surface area contributed by atoms with E-state index in [1.807, 2.05) is 54.6 Å². The number of hydrogen-bond acceptors (Lipinski definition) is 3. The van der Waals surface area contributed by atoms with E-state index in [-0.39, 0.29) is 0 Å². The lowest BCUT2D eigenvalue weighted by Crippen LogP contribution is -2.12. The predicted octanol–water partition coefficient (Wildman–Crippen LogP) is 5.88. The topological polar surface area (TPSA) is 30.5 Å². The van der Waals surface area contributed by atoms with Gasteiger partial charge in [0.1, 0.15) is 24.7 Å². The number of hydrogen-bond donors (Lipinski definition) is 1. The highest BCUT2D eigenvalue weighted by Crippen LogP contribution is 2.25. The Morgan fingerprint density at radius 2 is 1.59 bits per heavy atom. The van der Waals surface area contributed by atoms with Gasteiger partial charge in [-0.15, -0.1) is 0 Å². The lowest BCUT2D eigenvalue weighted by molar-refractivity contribution is 0.306. The van der Waals surface area contributed by atoms with Crippen LogP contribution in [-0.2, 0) is 6.61 Å². The van der Waals surface area contributed by atoms with Crippen LogP contribution in [0.3, 0.4) is 0 Å². The highest BCUT2D eigenvalue weighted by molar-refractivity contribution is 5.48. The van der Waals surface area contributed by atoms with Gasteiger partial charge < -0.3 is 14.8 Å². The Morgan fingerprint density at radius 3 is 2.41 bits per heavy atom. The molecule has 3 nitrogen and oxygen atoms in total. The normalized spacial score (nSPS) is 10.6. The second-order valence-electron chi connectivity index (χ2n) is 6.77. The molecule has 0 bridgehead atoms. The molecule has 0 unspecified atom stereocenters. The minimum atomic E-state index is 0.451. The molecular formula is C24H27NO2. The third-order valence-corrected chi connectivity index (χ3v) is 4.31. The van der Waals surface area contributed by atoms with E-state index in [9.17, 15) is 0 Å². The first-order valence-electron chi connectivity index (χ1n) is 9.45. The van der Waals surface area contributed by atoms with Crippen molar-refractivity contribution in [1.29, 1.82) is 0 Å². The van der Waals surface area contributed by atoms with E-state index in [0.29, 0.717) is 19.1 Å². The minimum absolute atomic E-state index is 0.451. The summed E-state index contributed by atoms with van der Waals surface area (Å²) in [6, 6.07) is 26.4. The van der Waals surface area contributed by atoms with Crippen LogP contribution in [0.15, 0.2) is 78.9 Å². The van der Waals surface area contributed by atoms with Crippen LogP contribution in [0, 0.1) is 0 Å². The standard InChI is InChI=1S/C24H27NO2/c1-19(2)23-13-6-7-14-24(23)26-16-15-25-21-11-8-12-22(17-21)27-18-20-9-4-3-5-10-20/h3-14,17,19,25H,15-16,18H2,1-2H3. The summed E-state index contributed by atoms with van der Waals surface area (Å²) in [6.45, 7) is 6.27. The Bertz CT molecular complexity index is 831. The van der Waals surface area contributed by atoms with E-state index in [2.05, 4.69) is 43.4 Å². The second-order valence-corrected chi connectivity index (χ2v) is 6.77. The van der Waals surface area contributed by atoms with Crippen LogP contribution in [0.1, 0.15) is 30.9 Å². The Morgan fingerprint density at radius 1 is 0.815 bits per heavy atom. The highest BCUT2D eigenvalue weighted by Gasteiger charge is 2.06. The number of anilines is 1. The van der Waals surface area contributed by atoms with Gasteiger partial charge in [-0.2, -0.15) is 0 Å². The van der Waals surface area contributed by atoms with Crippen LogP contribution in [0.4, 0.5) is 5.69 Å². The molecule has 0 atom stereocenters. The molecule has 0 saturated heterocycles. The summed E-state index contributed by atoms with van der Waals surface area (Å²) in [6.07, 6.45) is 0. The molecule has 1 N–H and O–H groups in total. The summed E-state index contributed by atoms with van der Waals surface area (Å²) < 4.78 is 11.8. The number of ether oxygens (including phenoxy) is 2. The maximum Gasteiger partial charge on any atom is 0.122 e. The van der Waals surface area contributed by atoms with Crippen molar-refractivity contribution in [2.45, 2.75) is 26.4 Å². The monoisotopic (exact) mass is 361 g/mol. The van der Waals surface area contributed by atoms with Crippen molar-refractivity contribution in [3.05, 3.63) is 90.0 Å². The third-order valence-electron chi connectivity index (χ3n) is 4.31. The quantitative estimate of drug-likeness (QED) is 0.483. The highest BCUT2D eigenvalue weighted by atomic mass is 16.5. The Labute approximate surface area is 162 Å². The van der Waals surface area contributed by atoms with Crippen molar-refractivity contribution >= 4 is 5.69 Å². The average Bonchev–Trinajstić information content (AvgIpc) is 2.71. The molecule has 140 valence electrons. The van der Waals surface area contributed by atoms with E-state index in [4.69, 9.17) is 9.47 Å². The lowest BCUT2D eigenvalue weighted by Gasteiger charge is -2.14. The zero-order chi connectivity index (χ0) is 18.9. The maximum atomic E-state index is 5.96. The van der Waals surface area contributed by atoms with E-state index < -0.39 is 0 Å². The second kappa shape index (κ2) is 9.67. The van der Waals surface area contributed by atoms with Crippen LogP contribution >= 0.6 is 0 Å². The number of nitrogens with one attached hydrogen (secondary N) is 1. The zero-order valence-electron chi connectivity index (χ0n) is 16.0. The van der Waals surface area contributed by atoms with Crippen molar-refractivity contribution in [3.8, 4) is 11.5 Å². The van der Waals surface area contributed by atoms with Crippen molar-refractivity contribution < 1.29 is 9.47 Å². The van der Waals surface area contributed by atoms with Crippen LogP contribution in [0.2, 0.25) is 0 Å². The van der Waals surface area contributed by atoms with Crippen molar-refractivity contribution in [1.82, 2.24) is 0 Å². The molecular weight excluding hydrogens is 334 g/mol. The third kappa shape index (κ3) is 5.78. The van der Waals surface area contributed by atoms with Gasteiger partial charge in [-0.1, -0.05) is 68.4 Å². The zero-order valence-corrected chi connectivity index (χ0v) is 16.0. The number of para-hydroxylation sites is 1. The van der Waals surface area contributed by atoms with Gasteiger partial charge in [0.15, 0.2) is 0 Å². The Hall–Kier alpha value is -2.94. The summed E-state index contributed by atoms with van der Waals surface area (Å²) >= 11 is 0. The first kappa shape index (κ1) is 18.8. The first-order chi connectivity index (χ1) is 13.2. The molecule has 27 heavy (non-hydrogen) atoms. The Kier molecular flexibility index (Phi) is 6.75. The summed E-state index contributed by atoms with van der Waals surface area (Å²) in [5.74, 6) is 2.27. The summed E-state index contributed by atoms with van der Waals surface area (Å²) in [5.41, 5.74) is 3.43. The van der Waals surface area contributed by atoms with Crippen LogP contribution in [0.25, 0.3) is 0 Å². The van der Waals surface area contributed by atoms with E-state index >= 15 is 0 Å². The van der Waals surface area contributed by atoms with Crippen LogP contribution < -0.4 is 14.8 Å². The Balaban J connectivity index is 1.47. The lowest BCUT2D eigenvalue weighted by atomic mass is 10.0. The summed E-state index contributed by atoms with van der Waals surface area (Å²) in [5, 5.41) is 3.40. The fraction of sp³-hybridized carbons (Fsp3) is 0.250. The van der Waals surface area contributed by atoms with Crippen LogP contribution in [-0.4, -0.2) is 13.2 Å². The van der Waals surface area contributed by atoms with Crippen molar-refractivity contribution in [2.24, 2.45) is 0 Å². The van der Waals surface area contributed by atoms with Crippen molar-refractivity contribution in [2.75, 3.05) is 18.5 Å². The molecule has 0 heterocycles. The molecule has 3 aromatic carbocycles. The molecule has 0 fully saturated rings. The van der Waals surface area contributed by atoms with Gasteiger partial charge >= 0.3 is 0 Å². The van der Waals surface area contributed by atoms with E-state index in [1.165, 1.54) is 5.56 Å². The van der Waals surface area contributed by atoms with Crippen LogP contribution in [0.5, 0.6) is 11.5 Å². The van der Waals surface area contributed by atoms with Crippen molar-refractivity contribution in [3.63, 3.8) is 0 Å². The number of rotatable bonds is 9. The van der Waals surface area contributed by atoms with Gasteiger partial charge in [-0.3, -0.25) is 0 Å². The average molecular weight is 361 g/mol. The minimum Gasteiger partial charge on any atom is -0.491 e. The SMILES string of the molecule is CC(C)c1ccccc1OCCNc1cccc(OCc2ccccc2)c1. The molecule has 0 amide bonds. The molecule has 0 aliphatic rings. The largest absolute Gasteiger partial charge is 0.491 e. The molecule has 0 aromatic heterocycles. The maximum absolute atomic E-state index is 5.96. The molecule has 0 aliphatic carbocycles. The molecule has 3 heteroatoms. The molecule has 0 saturated carbocycles. The fourth-order valence-electron chi connectivity index (χ4n) is 2.88. The smallest absolute Gasteiger partial charge is 0.122 e. The van der Waals surface area contributed by atoms with Gasteiger partial charge in [-0.25, -0.2) is 0 Å². The van der Waals surface area contributed by atoms with E-state index in [1.54, 1.807) is 0 Å². The van der Waals surface area contributed by atoms with Gasteiger partial charge in [0.05, 0.1) is 0 Å². The molecule has 3 aromatic rings. The molecule has 3 rings (SSSR count). The van der Waals surface area contributed by atoms with Gasteiger partial charge in [-0.05, 0) is 35.2 Å². The predicted molar refractivity (Wildman–Crippen MR) is 112 cm³/mol. The first-order valence-corrected chi connectivity index (χ1v) is 9.45. The van der Waals surface area contributed by atoms with Gasteiger partial charge in [0.25, 0.3) is 0 Å². The van der Waals surface area contributed by atoms with Gasteiger partial charge in [0, 0.05) is 18.3 Å². The fourth-order valence-corrected chi connectivity index (χ4v) is 2.88. The summed E-state index contributed by atoms with van der Waals surface area (Å²) in [4.78, 5) is 0. The van der Waals surface area contributed by atoms with Gasteiger partial charge in [0.2, 0.25) is 0 Å². The molecule has 0 spiro atoms. The molecule has 0 aliphatic heterocycles. The number of benzene rings is 3. The van der Waals surface area contributed by atoms with E-state index in [0.717, 1.165) is 29.3 Å². The molecule has 0 radical (unpaired) electrons. The summed E-state index contributed by atoms with van der Waals surface area (Å²) in [7, 11) is 0.